The molecule has 4 heteroatoms. The Hall–Kier alpha value is -1.55. The van der Waals surface area contributed by atoms with Crippen molar-refractivity contribution in [2.24, 2.45) is 5.92 Å². The molecule has 1 aromatic heterocycles. The molecule has 0 saturated heterocycles. The van der Waals surface area contributed by atoms with E-state index in [1.165, 1.54) is 0 Å². The van der Waals surface area contributed by atoms with Crippen LogP contribution < -0.4 is 5.32 Å². The Morgan fingerprint density at radius 2 is 2.30 bits per heavy atom. The van der Waals surface area contributed by atoms with E-state index in [1.807, 2.05) is 19.9 Å². The number of amides is 1. The standard InChI is InChI=1S/C16H23NO3/c1-11-10-14(12(2)20-11)15(18)8-9-17-16(19)13-6-4-3-5-7-13/h3-4,10,13,15,18H,5-9H2,1-2H3,(H,17,19)/t13-,15+/m0/s1. The van der Waals surface area contributed by atoms with Gasteiger partial charge in [-0.3, -0.25) is 4.79 Å². The Labute approximate surface area is 119 Å². The molecule has 0 aliphatic heterocycles. The van der Waals surface area contributed by atoms with Gasteiger partial charge in [0.1, 0.15) is 11.5 Å². The lowest BCUT2D eigenvalue weighted by molar-refractivity contribution is -0.125. The zero-order chi connectivity index (χ0) is 14.5. The highest BCUT2D eigenvalue weighted by Crippen LogP contribution is 2.23. The monoisotopic (exact) mass is 277 g/mol. The Balaban J connectivity index is 1.76. The number of aryl methyl sites for hydroxylation is 2. The second kappa shape index (κ2) is 6.75. The molecule has 0 saturated carbocycles. The van der Waals surface area contributed by atoms with E-state index in [-0.39, 0.29) is 11.8 Å². The average Bonchev–Trinajstić information content (AvgIpc) is 2.78. The van der Waals surface area contributed by atoms with Gasteiger partial charge in [0, 0.05) is 18.0 Å². The van der Waals surface area contributed by atoms with Crippen LogP contribution in [0.3, 0.4) is 0 Å². The van der Waals surface area contributed by atoms with Gasteiger partial charge in [-0.2, -0.15) is 0 Å². The molecule has 1 heterocycles. The summed E-state index contributed by atoms with van der Waals surface area (Å²) in [6, 6.07) is 1.85. The van der Waals surface area contributed by atoms with Crippen molar-refractivity contribution in [1.82, 2.24) is 5.32 Å². The van der Waals surface area contributed by atoms with Crippen molar-refractivity contribution < 1.29 is 14.3 Å². The summed E-state index contributed by atoms with van der Waals surface area (Å²) in [5.41, 5.74) is 0.817. The van der Waals surface area contributed by atoms with Crippen molar-refractivity contribution in [2.75, 3.05) is 6.54 Å². The first-order valence-electron chi connectivity index (χ1n) is 7.25. The van der Waals surface area contributed by atoms with Gasteiger partial charge in [0.25, 0.3) is 0 Å². The molecule has 0 bridgehead atoms. The molecule has 0 radical (unpaired) electrons. The van der Waals surface area contributed by atoms with E-state index in [0.29, 0.717) is 13.0 Å². The summed E-state index contributed by atoms with van der Waals surface area (Å²) >= 11 is 0. The zero-order valence-electron chi connectivity index (χ0n) is 12.2. The largest absolute Gasteiger partial charge is 0.466 e. The van der Waals surface area contributed by atoms with Gasteiger partial charge in [0.2, 0.25) is 5.91 Å². The molecule has 0 aromatic carbocycles. The number of aliphatic hydroxyl groups is 1. The van der Waals surface area contributed by atoms with Crippen LogP contribution in [0.5, 0.6) is 0 Å². The average molecular weight is 277 g/mol. The van der Waals surface area contributed by atoms with E-state index in [1.54, 1.807) is 0 Å². The van der Waals surface area contributed by atoms with Crippen LogP contribution in [0.25, 0.3) is 0 Å². The van der Waals surface area contributed by atoms with Gasteiger partial charge in [0.05, 0.1) is 6.10 Å². The van der Waals surface area contributed by atoms with Crippen LogP contribution >= 0.6 is 0 Å². The Kier molecular flexibility index (Phi) is 5.01. The lowest BCUT2D eigenvalue weighted by Gasteiger charge is -2.18. The van der Waals surface area contributed by atoms with Crippen LogP contribution in [0, 0.1) is 19.8 Å². The molecular formula is C16H23NO3. The summed E-state index contributed by atoms with van der Waals surface area (Å²) in [6.07, 6.45) is 6.85. The topological polar surface area (TPSA) is 62.5 Å². The lowest BCUT2D eigenvalue weighted by atomic mass is 9.93. The smallest absolute Gasteiger partial charge is 0.223 e. The first kappa shape index (κ1) is 14.9. The fourth-order valence-electron chi connectivity index (χ4n) is 2.64. The lowest BCUT2D eigenvalue weighted by Crippen LogP contribution is -2.32. The Bertz CT molecular complexity index is 490. The molecule has 1 aliphatic rings. The number of rotatable bonds is 5. The summed E-state index contributed by atoms with van der Waals surface area (Å²) in [6.45, 7) is 4.20. The maximum Gasteiger partial charge on any atom is 0.223 e. The SMILES string of the molecule is Cc1cc([C@H](O)CCNC(=O)[C@H]2CC=CCC2)c(C)o1. The molecule has 0 spiro atoms. The predicted octanol–water partition coefficient (Wildman–Crippen LogP) is 2.79. The molecule has 20 heavy (non-hydrogen) atoms. The quantitative estimate of drug-likeness (QED) is 0.813. The van der Waals surface area contributed by atoms with Gasteiger partial charge in [0.15, 0.2) is 0 Å². The van der Waals surface area contributed by atoms with Crippen LogP contribution in [0.2, 0.25) is 0 Å². The van der Waals surface area contributed by atoms with Crippen LogP contribution in [-0.2, 0) is 4.79 Å². The molecular weight excluding hydrogens is 254 g/mol. The number of hydrogen-bond donors (Lipinski definition) is 2. The fraction of sp³-hybridized carbons (Fsp3) is 0.562. The molecule has 1 amide bonds. The Morgan fingerprint density at radius 1 is 1.50 bits per heavy atom. The van der Waals surface area contributed by atoms with Crippen LogP contribution in [0.1, 0.15) is 48.9 Å². The summed E-state index contributed by atoms with van der Waals surface area (Å²) in [4.78, 5) is 11.9. The predicted molar refractivity (Wildman–Crippen MR) is 77.2 cm³/mol. The van der Waals surface area contributed by atoms with Gasteiger partial charge in [-0.15, -0.1) is 0 Å². The van der Waals surface area contributed by atoms with Gasteiger partial charge >= 0.3 is 0 Å². The van der Waals surface area contributed by atoms with Gasteiger partial charge in [-0.1, -0.05) is 12.2 Å². The van der Waals surface area contributed by atoms with E-state index in [2.05, 4.69) is 17.5 Å². The van der Waals surface area contributed by atoms with Crippen molar-refractivity contribution in [3.8, 4) is 0 Å². The number of carbonyl (C=O) groups excluding carboxylic acids is 1. The second-order valence-corrected chi connectivity index (χ2v) is 5.45. The van der Waals surface area contributed by atoms with Gasteiger partial charge in [-0.05, 0) is 45.6 Å². The molecule has 1 aromatic rings. The van der Waals surface area contributed by atoms with Crippen molar-refractivity contribution >= 4 is 5.91 Å². The first-order chi connectivity index (χ1) is 9.58. The van der Waals surface area contributed by atoms with E-state index in [4.69, 9.17) is 4.42 Å². The van der Waals surface area contributed by atoms with E-state index >= 15 is 0 Å². The molecule has 2 N–H and O–H groups in total. The van der Waals surface area contributed by atoms with Crippen LogP contribution in [0.15, 0.2) is 22.6 Å². The molecule has 1 aliphatic carbocycles. The third-order valence-electron chi connectivity index (χ3n) is 3.80. The minimum Gasteiger partial charge on any atom is -0.466 e. The van der Waals surface area contributed by atoms with E-state index < -0.39 is 6.10 Å². The van der Waals surface area contributed by atoms with Crippen LogP contribution in [0.4, 0.5) is 0 Å². The summed E-state index contributed by atoms with van der Waals surface area (Å²) in [7, 11) is 0. The number of carbonyl (C=O) groups is 1. The highest BCUT2D eigenvalue weighted by molar-refractivity contribution is 5.78. The molecule has 110 valence electrons. The van der Waals surface area contributed by atoms with Crippen molar-refractivity contribution in [3.05, 3.63) is 35.3 Å². The normalized spacial score (nSPS) is 19.9. The summed E-state index contributed by atoms with van der Waals surface area (Å²) < 4.78 is 5.40. The van der Waals surface area contributed by atoms with E-state index in [9.17, 15) is 9.90 Å². The third kappa shape index (κ3) is 3.73. The van der Waals surface area contributed by atoms with Gasteiger partial charge in [-0.25, -0.2) is 0 Å². The minimum atomic E-state index is -0.584. The van der Waals surface area contributed by atoms with Crippen molar-refractivity contribution in [2.45, 2.75) is 45.6 Å². The summed E-state index contributed by atoms with van der Waals surface area (Å²) in [5.74, 6) is 1.74. The zero-order valence-corrected chi connectivity index (χ0v) is 12.2. The number of furan rings is 1. The number of hydrogen-bond acceptors (Lipinski definition) is 3. The minimum absolute atomic E-state index is 0.0926. The maximum atomic E-state index is 11.9. The number of aliphatic hydroxyl groups excluding tert-OH is 1. The molecule has 0 unspecified atom stereocenters. The summed E-state index contributed by atoms with van der Waals surface area (Å²) in [5, 5.41) is 13.0. The number of nitrogens with one attached hydrogen (secondary N) is 1. The Morgan fingerprint density at radius 3 is 2.90 bits per heavy atom. The number of allylic oxidation sites excluding steroid dienone is 2. The highest BCUT2D eigenvalue weighted by Gasteiger charge is 2.19. The second-order valence-electron chi connectivity index (χ2n) is 5.45. The van der Waals surface area contributed by atoms with Crippen LogP contribution in [-0.4, -0.2) is 17.6 Å². The van der Waals surface area contributed by atoms with Crippen molar-refractivity contribution in [1.29, 1.82) is 0 Å². The molecule has 2 rings (SSSR count). The maximum absolute atomic E-state index is 11.9. The van der Waals surface area contributed by atoms with Gasteiger partial charge < -0.3 is 14.8 Å². The van der Waals surface area contributed by atoms with Crippen molar-refractivity contribution in [3.63, 3.8) is 0 Å². The molecule has 0 fully saturated rings. The highest BCUT2D eigenvalue weighted by atomic mass is 16.3. The van der Waals surface area contributed by atoms with E-state index in [0.717, 1.165) is 36.3 Å². The fourth-order valence-corrected chi connectivity index (χ4v) is 2.64. The first-order valence-corrected chi connectivity index (χ1v) is 7.25. The third-order valence-corrected chi connectivity index (χ3v) is 3.80. The molecule has 4 nitrogen and oxygen atoms in total. The molecule has 2 atom stereocenters.